The lowest BCUT2D eigenvalue weighted by atomic mass is 10.2. The van der Waals surface area contributed by atoms with Crippen LogP contribution in [-0.4, -0.2) is 50.4 Å². The van der Waals surface area contributed by atoms with E-state index in [9.17, 15) is 9.90 Å². The molecular formula is C10H18N4O3. The Morgan fingerprint density at radius 2 is 2.41 bits per heavy atom. The Balaban J connectivity index is 2.19. The number of carbonyl (C=O) groups is 1. The molecule has 0 aromatic carbocycles. The molecule has 0 bridgehead atoms. The third-order valence-corrected chi connectivity index (χ3v) is 2.28. The molecule has 1 atom stereocenters. The van der Waals surface area contributed by atoms with E-state index >= 15 is 0 Å². The first-order valence-corrected chi connectivity index (χ1v) is 5.65. The molecule has 0 amide bonds. The van der Waals surface area contributed by atoms with Crippen LogP contribution < -0.4 is 5.32 Å². The lowest BCUT2D eigenvalue weighted by Crippen LogP contribution is -2.29. The van der Waals surface area contributed by atoms with Crippen molar-refractivity contribution < 1.29 is 15.0 Å². The van der Waals surface area contributed by atoms with Gasteiger partial charge in [0, 0.05) is 13.1 Å². The molecule has 3 N–H and O–H groups in total. The minimum Gasteiger partial charge on any atom is -0.476 e. The minimum absolute atomic E-state index is 0.0592. The Morgan fingerprint density at radius 1 is 1.65 bits per heavy atom. The van der Waals surface area contributed by atoms with Crippen LogP contribution in [0.25, 0.3) is 0 Å². The van der Waals surface area contributed by atoms with E-state index in [1.165, 1.54) is 10.9 Å². The molecule has 0 aliphatic carbocycles. The van der Waals surface area contributed by atoms with Gasteiger partial charge in [0.15, 0.2) is 5.69 Å². The van der Waals surface area contributed by atoms with Gasteiger partial charge in [0.05, 0.1) is 18.8 Å². The molecule has 1 unspecified atom stereocenters. The van der Waals surface area contributed by atoms with Crippen LogP contribution in [-0.2, 0) is 6.54 Å². The van der Waals surface area contributed by atoms with Crippen molar-refractivity contribution in [2.75, 3.05) is 13.1 Å². The summed E-state index contributed by atoms with van der Waals surface area (Å²) in [6, 6.07) is 0. The van der Waals surface area contributed by atoms with Crippen molar-refractivity contribution in [2.24, 2.45) is 0 Å². The molecule has 0 fully saturated rings. The first-order chi connectivity index (χ1) is 8.13. The average Bonchev–Trinajstić information content (AvgIpc) is 2.73. The maximum absolute atomic E-state index is 10.5. The Kier molecular flexibility index (Phi) is 5.58. The number of carboxylic acids is 1. The van der Waals surface area contributed by atoms with Crippen LogP contribution in [0.2, 0.25) is 0 Å². The smallest absolute Gasteiger partial charge is 0.358 e. The van der Waals surface area contributed by atoms with Crippen LogP contribution in [0.15, 0.2) is 6.20 Å². The van der Waals surface area contributed by atoms with Crippen LogP contribution in [0.1, 0.15) is 30.3 Å². The highest BCUT2D eigenvalue weighted by Crippen LogP contribution is 1.94. The second-order valence-corrected chi connectivity index (χ2v) is 3.82. The van der Waals surface area contributed by atoms with E-state index in [-0.39, 0.29) is 11.8 Å². The lowest BCUT2D eigenvalue weighted by molar-refractivity contribution is 0.0690. The summed E-state index contributed by atoms with van der Waals surface area (Å²) in [5.41, 5.74) is -0.0592. The summed E-state index contributed by atoms with van der Waals surface area (Å²) in [6.07, 6.45) is 2.78. The third kappa shape index (κ3) is 4.92. The standard InChI is InChI=1S/C10H18N4O3/c1-2-3-8(15)6-11-4-5-14-7-9(10(16)17)12-13-14/h7-8,11,15H,2-6H2,1H3,(H,16,17). The van der Waals surface area contributed by atoms with Gasteiger partial charge in [-0.15, -0.1) is 5.10 Å². The number of aromatic nitrogens is 3. The van der Waals surface area contributed by atoms with E-state index in [4.69, 9.17) is 5.11 Å². The summed E-state index contributed by atoms with van der Waals surface area (Å²) in [7, 11) is 0. The molecule has 7 nitrogen and oxygen atoms in total. The highest BCUT2D eigenvalue weighted by molar-refractivity contribution is 5.84. The molecular weight excluding hydrogens is 224 g/mol. The fourth-order valence-corrected chi connectivity index (χ4v) is 1.40. The topological polar surface area (TPSA) is 100 Å². The Bertz CT molecular complexity index is 353. The second kappa shape index (κ2) is 6.97. The highest BCUT2D eigenvalue weighted by atomic mass is 16.4. The SMILES string of the molecule is CCCC(O)CNCCn1cc(C(=O)O)nn1. The van der Waals surface area contributed by atoms with Crippen LogP contribution in [0, 0.1) is 0 Å². The fourth-order valence-electron chi connectivity index (χ4n) is 1.40. The average molecular weight is 242 g/mol. The number of carboxylic acid groups (broad SMARTS) is 1. The zero-order valence-electron chi connectivity index (χ0n) is 9.83. The molecule has 1 aromatic heterocycles. The van der Waals surface area contributed by atoms with Gasteiger partial charge in [-0.25, -0.2) is 4.79 Å². The molecule has 0 aliphatic heterocycles. The number of aliphatic hydroxyl groups excluding tert-OH is 1. The zero-order chi connectivity index (χ0) is 12.7. The zero-order valence-corrected chi connectivity index (χ0v) is 9.83. The Morgan fingerprint density at radius 3 is 3.00 bits per heavy atom. The summed E-state index contributed by atoms with van der Waals surface area (Å²) >= 11 is 0. The summed E-state index contributed by atoms with van der Waals surface area (Å²) in [6.45, 7) is 3.70. The number of rotatable bonds is 8. The lowest BCUT2D eigenvalue weighted by Gasteiger charge is -2.10. The molecule has 7 heteroatoms. The van der Waals surface area contributed by atoms with Gasteiger partial charge in [-0.1, -0.05) is 18.6 Å². The maximum atomic E-state index is 10.5. The van der Waals surface area contributed by atoms with Crippen LogP contribution in [0.3, 0.4) is 0 Å². The van der Waals surface area contributed by atoms with Crippen LogP contribution in [0.5, 0.6) is 0 Å². The minimum atomic E-state index is -1.08. The van der Waals surface area contributed by atoms with Gasteiger partial charge < -0.3 is 15.5 Å². The largest absolute Gasteiger partial charge is 0.476 e. The van der Waals surface area contributed by atoms with E-state index in [1.54, 1.807) is 0 Å². The molecule has 0 saturated carbocycles. The molecule has 0 saturated heterocycles. The summed E-state index contributed by atoms with van der Waals surface area (Å²) < 4.78 is 1.46. The first kappa shape index (κ1) is 13.6. The summed E-state index contributed by atoms with van der Waals surface area (Å²) in [5.74, 6) is -1.08. The Labute approximate surface area is 99.4 Å². The number of aromatic carboxylic acids is 1. The molecule has 0 aliphatic rings. The van der Waals surface area contributed by atoms with Crippen molar-refractivity contribution >= 4 is 5.97 Å². The first-order valence-electron chi connectivity index (χ1n) is 5.65. The van der Waals surface area contributed by atoms with Gasteiger partial charge in [-0.2, -0.15) is 0 Å². The van der Waals surface area contributed by atoms with Crippen molar-refractivity contribution in [2.45, 2.75) is 32.4 Å². The molecule has 96 valence electrons. The predicted molar refractivity (Wildman–Crippen MR) is 60.8 cm³/mol. The maximum Gasteiger partial charge on any atom is 0.358 e. The van der Waals surface area contributed by atoms with E-state index in [0.717, 1.165) is 12.8 Å². The highest BCUT2D eigenvalue weighted by Gasteiger charge is 2.07. The van der Waals surface area contributed by atoms with Gasteiger partial charge in [0.25, 0.3) is 0 Å². The number of hydrogen-bond acceptors (Lipinski definition) is 5. The summed E-state index contributed by atoms with van der Waals surface area (Å²) in [4.78, 5) is 10.5. The number of nitrogens with zero attached hydrogens (tertiary/aromatic N) is 3. The molecule has 17 heavy (non-hydrogen) atoms. The van der Waals surface area contributed by atoms with Crippen molar-refractivity contribution in [3.63, 3.8) is 0 Å². The quantitative estimate of drug-likeness (QED) is 0.542. The van der Waals surface area contributed by atoms with E-state index in [1.807, 2.05) is 6.92 Å². The predicted octanol–water partition coefficient (Wildman–Crippen LogP) is -0.273. The van der Waals surface area contributed by atoms with Crippen LogP contribution >= 0.6 is 0 Å². The number of aliphatic hydroxyl groups is 1. The molecule has 0 radical (unpaired) electrons. The molecule has 0 spiro atoms. The van der Waals surface area contributed by atoms with Crippen molar-refractivity contribution in [3.8, 4) is 0 Å². The van der Waals surface area contributed by atoms with Crippen molar-refractivity contribution in [1.29, 1.82) is 0 Å². The van der Waals surface area contributed by atoms with Gasteiger partial charge in [-0.3, -0.25) is 4.68 Å². The van der Waals surface area contributed by atoms with Crippen molar-refractivity contribution in [1.82, 2.24) is 20.3 Å². The molecule has 1 heterocycles. The number of nitrogens with one attached hydrogen (secondary N) is 1. The number of hydrogen-bond donors (Lipinski definition) is 3. The monoisotopic (exact) mass is 242 g/mol. The van der Waals surface area contributed by atoms with Crippen molar-refractivity contribution in [3.05, 3.63) is 11.9 Å². The van der Waals surface area contributed by atoms with E-state index in [2.05, 4.69) is 15.6 Å². The Hall–Kier alpha value is -1.47. The molecule has 1 rings (SSSR count). The fraction of sp³-hybridized carbons (Fsp3) is 0.700. The third-order valence-electron chi connectivity index (χ3n) is 2.28. The van der Waals surface area contributed by atoms with Gasteiger partial charge in [0.1, 0.15) is 0 Å². The normalized spacial score (nSPS) is 12.6. The van der Waals surface area contributed by atoms with Gasteiger partial charge >= 0.3 is 5.97 Å². The van der Waals surface area contributed by atoms with Gasteiger partial charge in [-0.05, 0) is 6.42 Å². The van der Waals surface area contributed by atoms with E-state index in [0.29, 0.717) is 19.6 Å². The van der Waals surface area contributed by atoms with Crippen LogP contribution in [0.4, 0.5) is 0 Å². The summed E-state index contributed by atoms with van der Waals surface area (Å²) in [5, 5.41) is 28.3. The molecule has 1 aromatic rings. The van der Waals surface area contributed by atoms with E-state index < -0.39 is 5.97 Å². The second-order valence-electron chi connectivity index (χ2n) is 3.82. The van der Waals surface area contributed by atoms with Gasteiger partial charge in [0.2, 0.25) is 0 Å².